The van der Waals surface area contributed by atoms with Crippen LogP contribution in [0.25, 0.3) is 38.8 Å². The molecule has 0 aliphatic carbocycles. The third-order valence-electron chi connectivity index (χ3n) is 5.13. The Labute approximate surface area is 162 Å². The molecule has 3 aromatic carbocycles. The van der Waals surface area contributed by atoms with Crippen LogP contribution >= 0.6 is 0 Å². The Bertz CT molecular complexity index is 1310. The van der Waals surface area contributed by atoms with Gasteiger partial charge in [0.25, 0.3) is 0 Å². The summed E-state index contributed by atoms with van der Waals surface area (Å²) < 4.78 is 16.4. The zero-order chi connectivity index (χ0) is 19.1. The number of rotatable bonds is 3. The first-order chi connectivity index (χ1) is 13.8. The highest BCUT2D eigenvalue weighted by Gasteiger charge is 2.19. The first-order valence-electron chi connectivity index (χ1n) is 9.37. The van der Waals surface area contributed by atoms with E-state index >= 15 is 0 Å². The van der Waals surface area contributed by atoms with Crippen LogP contribution in [0.15, 0.2) is 79.0 Å². The quantitative estimate of drug-likeness (QED) is 0.395. The van der Waals surface area contributed by atoms with Crippen molar-refractivity contribution in [2.45, 2.75) is 13.3 Å². The van der Waals surface area contributed by atoms with Crippen LogP contribution < -0.4 is 0 Å². The predicted octanol–water partition coefficient (Wildman–Crippen LogP) is 5.94. The lowest BCUT2D eigenvalue weighted by molar-refractivity contribution is 0.637. The molecule has 0 saturated carbocycles. The molecule has 0 bridgehead atoms. The second kappa shape index (κ2) is 6.57. The molecule has 0 unspecified atom stereocenters. The number of para-hydroxylation sites is 2. The maximum atomic E-state index is 14.4. The molecular formula is C24H18FN3. The molecule has 0 aliphatic rings. The van der Waals surface area contributed by atoms with Gasteiger partial charge in [-0.1, -0.05) is 67.6 Å². The Morgan fingerprint density at radius 2 is 1.64 bits per heavy atom. The van der Waals surface area contributed by atoms with E-state index in [2.05, 4.69) is 24.0 Å². The fourth-order valence-corrected chi connectivity index (χ4v) is 3.78. The molecule has 0 radical (unpaired) electrons. The van der Waals surface area contributed by atoms with E-state index < -0.39 is 0 Å². The van der Waals surface area contributed by atoms with Gasteiger partial charge in [-0.3, -0.25) is 4.98 Å². The number of aromatic nitrogens is 3. The van der Waals surface area contributed by atoms with Crippen molar-refractivity contribution in [3.8, 4) is 16.9 Å². The Balaban J connectivity index is 1.95. The molecule has 2 aromatic heterocycles. The predicted molar refractivity (Wildman–Crippen MR) is 111 cm³/mol. The first kappa shape index (κ1) is 16.6. The van der Waals surface area contributed by atoms with Crippen LogP contribution in [0.4, 0.5) is 4.39 Å². The summed E-state index contributed by atoms with van der Waals surface area (Å²) >= 11 is 0. The molecule has 136 valence electrons. The lowest BCUT2D eigenvalue weighted by Gasteiger charge is -2.10. The second-order valence-electron chi connectivity index (χ2n) is 6.77. The number of pyridine rings is 1. The molecule has 28 heavy (non-hydrogen) atoms. The van der Waals surface area contributed by atoms with E-state index in [1.807, 2.05) is 53.2 Å². The van der Waals surface area contributed by atoms with Crippen molar-refractivity contribution in [2.75, 3.05) is 0 Å². The molecule has 0 amide bonds. The SMILES string of the molecule is CCc1ccccc1-n1nc(-c2ccccc2)c2cnc3c(F)cccc3c21. The number of nitrogens with zero attached hydrogens (tertiary/aromatic N) is 3. The second-order valence-corrected chi connectivity index (χ2v) is 6.77. The highest BCUT2D eigenvalue weighted by atomic mass is 19.1. The van der Waals surface area contributed by atoms with Gasteiger partial charge in [0, 0.05) is 22.5 Å². The molecule has 0 saturated heterocycles. The summed E-state index contributed by atoms with van der Waals surface area (Å²) in [6.07, 6.45) is 2.62. The molecule has 4 heteroatoms. The normalized spacial score (nSPS) is 11.4. The van der Waals surface area contributed by atoms with E-state index in [-0.39, 0.29) is 5.82 Å². The average Bonchev–Trinajstić information content (AvgIpc) is 3.14. The number of benzene rings is 3. The summed E-state index contributed by atoms with van der Waals surface area (Å²) in [5.74, 6) is -0.322. The van der Waals surface area contributed by atoms with Gasteiger partial charge in [-0.25, -0.2) is 9.07 Å². The van der Waals surface area contributed by atoms with Crippen LogP contribution in [-0.4, -0.2) is 14.8 Å². The Hall–Kier alpha value is -3.53. The van der Waals surface area contributed by atoms with Crippen LogP contribution in [0.2, 0.25) is 0 Å². The Morgan fingerprint density at radius 3 is 2.46 bits per heavy atom. The minimum absolute atomic E-state index is 0.322. The summed E-state index contributed by atoms with van der Waals surface area (Å²) in [6.45, 7) is 2.13. The molecule has 0 fully saturated rings. The molecule has 0 N–H and O–H groups in total. The molecule has 0 spiro atoms. The minimum atomic E-state index is -0.322. The van der Waals surface area contributed by atoms with Crippen molar-refractivity contribution < 1.29 is 4.39 Å². The van der Waals surface area contributed by atoms with Crippen molar-refractivity contribution >= 4 is 21.8 Å². The molecule has 0 atom stereocenters. The van der Waals surface area contributed by atoms with Crippen molar-refractivity contribution in [3.05, 3.63) is 90.4 Å². The average molecular weight is 367 g/mol. The Morgan fingerprint density at radius 1 is 0.857 bits per heavy atom. The molecule has 2 heterocycles. The van der Waals surface area contributed by atoms with Crippen molar-refractivity contribution in [3.63, 3.8) is 0 Å². The van der Waals surface area contributed by atoms with E-state index in [0.29, 0.717) is 5.52 Å². The molecule has 0 aliphatic heterocycles. The van der Waals surface area contributed by atoms with Gasteiger partial charge in [0.2, 0.25) is 0 Å². The maximum Gasteiger partial charge on any atom is 0.149 e. The van der Waals surface area contributed by atoms with Gasteiger partial charge in [-0.2, -0.15) is 5.10 Å². The van der Waals surface area contributed by atoms with E-state index in [4.69, 9.17) is 5.10 Å². The van der Waals surface area contributed by atoms with E-state index in [0.717, 1.165) is 39.7 Å². The van der Waals surface area contributed by atoms with Crippen LogP contribution in [0.5, 0.6) is 0 Å². The zero-order valence-corrected chi connectivity index (χ0v) is 15.4. The van der Waals surface area contributed by atoms with Gasteiger partial charge in [-0.05, 0) is 24.1 Å². The van der Waals surface area contributed by atoms with Gasteiger partial charge in [-0.15, -0.1) is 0 Å². The maximum absolute atomic E-state index is 14.4. The topological polar surface area (TPSA) is 30.7 Å². The van der Waals surface area contributed by atoms with Gasteiger partial charge in [0.05, 0.1) is 11.2 Å². The zero-order valence-electron chi connectivity index (χ0n) is 15.4. The summed E-state index contributed by atoms with van der Waals surface area (Å²) in [4.78, 5) is 4.42. The first-order valence-corrected chi connectivity index (χ1v) is 9.37. The third kappa shape index (κ3) is 2.49. The van der Waals surface area contributed by atoms with Crippen LogP contribution in [-0.2, 0) is 6.42 Å². The van der Waals surface area contributed by atoms with E-state index in [1.54, 1.807) is 12.3 Å². The van der Waals surface area contributed by atoms with Gasteiger partial charge >= 0.3 is 0 Å². The molecule has 5 aromatic rings. The van der Waals surface area contributed by atoms with Crippen LogP contribution in [0.1, 0.15) is 12.5 Å². The number of fused-ring (bicyclic) bond motifs is 3. The van der Waals surface area contributed by atoms with Gasteiger partial charge in [0.1, 0.15) is 17.0 Å². The number of hydrogen-bond acceptors (Lipinski definition) is 2. The minimum Gasteiger partial charge on any atom is -0.252 e. The number of halogens is 1. The van der Waals surface area contributed by atoms with E-state index in [1.165, 1.54) is 11.6 Å². The van der Waals surface area contributed by atoms with Crippen molar-refractivity contribution in [1.82, 2.24) is 14.8 Å². The fourth-order valence-electron chi connectivity index (χ4n) is 3.78. The number of hydrogen-bond donors (Lipinski definition) is 0. The van der Waals surface area contributed by atoms with Crippen molar-refractivity contribution in [1.29, 1.82) is 0 Å². The highest BCUT2D eigenvalue weighted by molar-refractivity contribution is 6.08. The smallest absolute Gasteiger partial charge is 0.149 e. The lowest BCUT2D eigenvalue weighted by atomic mass is 10.1. The van der Waals surface area contributed by atoms with Crippen LogP contribution in [0, 0.1) is 5.82 Å². The molecular weight excluding hydrogens is 349 g/mol. The number of aryl methyl sites for hydroxylation is 1. The highest BCUT2D eigenvalue weighted by Crippen LogP contribution is 2.34. The van der Waals surface area contributed by atoms with Gasteiger partial charge < -0.3 is 0 Å². The Kier molecular flexibility index (Phi) is 3.90. The van der Waals surface area contributed by atoms with Gasteiger partial charge in [0.15, 0.2) is 0 Å². The molecule has 5 rings (SSSR count). The summed E-state index contributed by atoms with van der Waals surface area (Å²) in [7, 11) is 0. The third-order valence-corrected chi connectivity index (χ3v) is 5.13. The largest absolute Gasteiger partial charge is 0.252 e. The van der Waals surface area contributed by atoms with Crippen LogP contribution in [0.3, 0.4) is 0 Å². The lowest BCUT2D eigenvalue weighted by Crippen LogP contribution is -2.01. The summed E-state index contributed by atoms with van der Waals surface area (Å²) in [6, 6.07) is 23.3. The van der Waals surface area contributed by atoms with E-state index in [9.17, 15) is 4.39 Å². The summed E-state index contributed by atoms with van der Waals surface area (Å²) in [5.41, 5.74) is 5.30. The molecule has 3 nitrogen and oxygen atoms in total. The fraction of sp³-hybridized carbons (Fsp3) is 0.0833. The van der Waals surface area contributed by atoms with Crippen molar-refractivity contribution in [2.24, 2.45) is 0 Å². The summed E-state index contributed by atoms with van der Waals surface area (Å²) in [5, 5.41) is 6.65. The standard InChI is InChI=1S/C24H18FN3/c1-2-16-9-6-7-14-21(16)28-24-18-12-8-13-20(25)23(18)26-15-19(24)22(27-28)17-10-4-3-5-11-17/h3-15H,2H2,1H3. The monoisotopic (exact) mass is 367 g/mol.